The number of ether oxygens (including phenoxy) is 1. The van der Waals surface area contributed by atoms with Crippen molar-refractivity contribution in [3.05, 3.63) is 59.8 Å². The van der Waals surface area contributed by atoms with Gasteiger partial charge in [-0.1, -0.05) is 6.07 Å². The number of nitrogens with one attached hydrogen (secondary N) is 1. The summed E-state index contributed by atoms with van der Waals surface area (Å²) in [7, 11) is 0. The van der Waals surface area contributed by atoms with Crippen molar-refractivity contribution in [1.29, 1.82) is 0 Å². The number of aliphatic carboxylic acids is 1. The number of alkyl halides is 6. The van der Waals surface area contributed by atoms with Gasteiger partial charge in [0.05, 0.1) is 17.4 Å². The molecule has 4 rings (SSSR count). The molecule has 0 atom stereocenters. The zero-order valence-electron chi connectivity index (χ0n) is 16.3. The lowest BCUT2D eigenvalue weighted by molar-refractivity contribution is -0.192. The number of benzene rings is 2. The fraction of sp³-hybridized carbons (Fsp3) is 0.286. The van der Waals surface area contributed by atoms with Gasteiger partial charge < -0.3 is 20.6 Å². The van der Waals surface area contributed by atoms with Gasteiger partial charge in [-0.3, -0.25) is 0 Å². The standard InChI is InChI=1S/C19H17F3N2O.C2HF3O2/c20-19(21,22)13-2-4-14(5-3-13)25-15-7-12(8-15)11-1-6-18-16(9-11)17(23)10-24-18;3-2(4,5)1(6)7/h1-6,9-10,12,15,24H,7-8,23H2;(H,6,7)/t12-,15-;. The summed E-state index contributed by atoms with van der Waals surface area (Å²) in [5.74, 6) is -1.90. The molecular formula is C21H18F6N2O3. The van der Waals surface area contributed by atoms with Crippen LogP contribution in [0.4, 0.5) is 32.0 Å². The number of hydrogen-bond acceptors (Lipinski definition) is 3. The summed E-state index contributed by atoms with van der Waals surface area (Å²) in [5.41, 5.74) is 8.23. The second kappa shape index (κ2) is 8.64. The van der Waals surface area contributed by atoms with Crippen LogP contribution in [0.3, 0.4) is 0 Å². The largest absolute Gasteiger partial charge is 0.490 e. The lowest BCUT2D eigenvalue weighted by Gasteiger charge is -2.35. The first-order valence-electron chi connectivity index (χ1n) is 9.35. The second-order valence-corrected chi connectivity index (χ2v) is 7.28. The van der Waals surface area contributed by atoms with E-state index < -0.39 is 23.9 Å². The molecule has 1 saturated carbocycles. The first-order valence-corrected chi connectivity index (χ1v) is 9.35. The molecule has 0 saturated heterocycles. The number of aromatic nitrogens is 1. The van der Waals surface area contributed by atoms with Crippen LogP contribution in [0, 0.1) is 0 Å². The molecule has 0 amide bonds. The average Bonchev–Trinajstić information content (AvgIpc) is 3.04. The summed E-state index contributed by atoms with van der Waals surface area (Å²) in [6, 6.07) is 11.1. The molecule has 11 heteroatoms. The minimum atomic E-state index is -5.08. The number of carbonyl (C=O) groups is 1. The summed E-state index contributed by atoms with van der Waals surface area (Å²) in [5, 5.41) is 8.14. The maximum atomic E-state index is 12.6. The molecule has 4 N–H and O–H groups in total. The van der Waals surface area contributed by atoms with Gasteiger partial charge in [-0.05, 0) is 60.7 Å². The van der Waals surface area contributed by atoms with Crippen molar-refractivity contribution < 1.29 is 41.0 Å². The Morgan fingerprint density at radius 2 is 1.62 bits per heavy atom. The van der Waals surface area contributed by atoms with Crippen LogP contribution >= 0.6 is 0 Å². The van der Waals surface area contributed by atoms with E-state index in [0.29, 0.717) is 11.7 Å². The normalized spacial score (nSPS) is 18.4. The van der Waals surface area contributed by atoms with Gasteiger partial charge in [0.1, 0.15) is 5.75 Å². The van der Waals surface area contributed by atoms with Gasteiger partial charge in [-0.15, -0.1) is 0 Å². The van der Waals surface area contributed by atoms with Gasteiger partial charge in [0.25, 0.3) is 0 Å². The third kappa shape index (κ3) is 5.45. The zero-order valence-corrected chi connectivity index (χ0v) is 16.3. The number of rotatable bonds is 3. The number of carboxylic acids is 1. The zero-order chi connectivity index (χ0) is 23.7. The quantitative estimate of drug-likeness (QED) is 0.436. The highest BCUT2D eigenvalue weighted by molar-refractivity contribution is 5.91. The monoisotopic (exact) mass is 460 g/mol. The Morgan fingerprint density at radius 3 is 2.16 bits per heavy atom. The number of H-pyrrole nitrogens is 1. The lowest BCUT2D eigenvalue weighted by atomic mass is 9.77. The molecule has 0 spiro atoms. The average molecular weight is 460 g/mol. The molecule has 1 aliphatic rings. The summed E-state index contributed by atoms with van der Waals surface area (Å²) in [6.07, 6.45) is -5.90. The fourth-order valence-electron chi connectivity index (χ4n) is 3.26. The van der Waals surface area contributed by atoms with Crippen molar-refractivity contribution >= 4 is 22.6 Å². The number of aromatic amines is 1. The number of carboxylic acid groups (broad SMARTS) is 1. The van der Waals surface area contributed by atoms with Gasteiger partial charge in [-0.25, -0.2) is 4.79 Å². The minimum Gasteiger partial charge on any atom is -0.490 e. The van der Waals surface area contributed by atoms with E-state index in [1.807, 2.05) is 6.07 Å². The Bertz CT molecular complexity index is 1080. The van der Waals surface area contributed by atoms with Gasteiger partial charge in [0.2, 0.25) is 0 Å². The molecule has 1 fully saturated rings. The SMILES string of the molecule is Nc1c[nH]c2ccc([C@H]3C[C@H](Oc4ccc(C(F)(F)F)cc4)C3)cc12.O=C(O)C(F)(F)F. The van der Waals surface area contributed by atoms with Crippen molar-refractivity contribution in [3.8, 4) is 5.75 Å². The van der Waals surface area contributed by atoms with Crippen LogP contribution in [0.5, 0.6) is 5.75 Å². The van der Waals surface area contributed by atoms with Crippen LogP contribution in [-0.4, -0.2) is 28.3 Å². The molecule has 0 unspecified atom stereocenters. The molecule has 1 heterocycles. The van der Waals surface area contributed by atoms with Crippen LogP contribution in [0.15, 0.2) is 48.7 Å². The minimum absolute atomic E-state index is 0.0287. The smallest absolute Gasteiger partial charge is 0.490 e. The van der Waals surface area contributed by atoms with E-state index in [4.69, 9.17) is 20.4 Å². The van der Waals surface area contributed by atoms with Gasteiger partial charge in [0.15, 0.2) is 0 Å². The van der Waals surface area contributed by atoms with E-state index in [0.717, 1.165) is 41.6 Å². The van der Waals surface area contributed by atoms with Crippen LogP contribution < -0.4 is 10.5 Å². The molecular weight excluding hydrogens is 442 g/mol. The first-order chi connectivity index (χ1) is 14.8. The predicted molar refractivity (Wildman–Crippen MR) is 104 cm³/mol. The Balaban J connectivity index is 0.000000360. The highest BCUT2D eigenvalue weighted by Gasteiger charge is 2.38. The maximum absolute atomic E-state index is 12.6. The van der Waals surface area contributed by atoms with Crippen molar-refractivity contribution in [2.24, 2.45) is 0 Å². The number of anilines is 1. The topological polar surface area (TPSA) is 88.3 Å². The summed E-state index contributed by atoms with van der Waals surface area (Å²) < 4.78 is 75.2. The highest BCUT2D eigenvalue weighted by Crippen LogP contribution is 2.41. The third-order valence-corrected chi connectivity index (χ3v) is 5.03. The van der Waals surface area contributed by atoms with Gasteiger partial charge in [-0.2, -0.15) is 26.3 Å². The Hall–Kier alpha value is -3.37. The van der Waals surface area contributed by atoms with Crippen molar-refractivity contribution in [2.75, 3.05) is 5.73 Å². The maximum Gasteiger partial charge on any atom is 0.490 e. The molecule has 172 valence electrons. The van der Waals surface area contributed by atoms with Gasteiger partial charge >= 0.3 is 18.3 Å². The Morgan fingerprint density at radius 1 is 1.03 bits per heavy atom. The first kappa shape index (κ1) is 23.3. The summed E-state index contributed by atoms with van der Waals surface area (Å²) >= 11 is 0. The van der Waals surface area contributed by atoms with E-state index in [-0.39, 0.29) is 6.10 Å². The molecule has 5 nitrogen and oxygen atoms in total. The van der Waals surface area contributed by atoms with E-state index >= 15 is 0 Å². The van der Waals surface area contributed by atoms with E-state index in [9.17, 15) is 26.3 Å². The van der Waals surface area contributed by atoms with E-state index in [1.165, 1.54) is 17.7 Å². The molecule has 0 aliphatic heterocycles. The number of nitrogens with two attached hydrogens (primary N) is 1. The van der Waals surface area contributed by atoms with Crippen LogP contribution in [0.2, 0.25) is 0 Å². The van der Waals surface area contributed by atoms with E-state index in [1.54, 1.807) is 6.20 Å². The number of fused-ring (bicyclic) bond motifs is 1. The number of nitrogen functional groups attached to an aromatic ring is 1. The lowest BCUT2D eigenvalue weighted by Crippen LogP contribution is -2.32. The molecule has 1 aliphatic carbocycles. The molecule has 32 heavy (non-hydrogen) atoms. The Kier molecular flexibility index (Phi) is 6.29. The van der Waals surface area contributed by atoms with Gasteiger partial charge in [0, 0.05) is 17.1 Å². The second-order valence-electron chi connectivity index (χ2n) is 7.28. The van der Waals surface area contributed by atoms with Crippen LogP contribution in [-0.2, 0) is 11.0 Å². The van der Waals surface area contributed by atoms with Crippen molar-refractivity contribution in [1.82, 2.24) is 4.98 Å². The van der Waals surface area contributed by atoms with Crippen molar-refractivity contribution in [3.63, 3.8) is 0 Å². The predicted octanol–water partition coefficient (Wildman–Crippen LogP) is 5.73. The molecule has 2 aromatic carbocycles. The Labute approximate surface area is 177 Å². The fourth-order valence-corrected chi connectivity index (χ4v) is 3.26. The summed E-state index contributed by atoms with van der Waals surface area (Å²) in [4.78, 5) is 12.0. The summed E-state index contributed by atoms with van der Waals surface area (Å²) in [6.45, 7) is 0. The molecule has 0 radical (unpaired) electrons. The number of halogens is 6. The number of hydrogen-bond donors (Lipinski definition) is 3. The van der Waals surface area contributed by atoms with Crippen LogP contribution in [0.25, 0.3) is 10.9 Å². The van der Waals surface area contributed by atoms with Crippen molar-refractivity contribution in [2.45, 2.75) is 37.2 Å². The third-order valence-electron chi connectivity index (χ3n) is 5.03. The van der Waals surface area contributed by atoms with Crippen LogP contribution in [0.1, 0.15) is 29.9 Å². The molecule has 3 aromatic rings. The van der Waals surface area contributed by atoms with E-state index in [2.05, 4.69) is 17.1 Å². The molecule has 1 aromatic heterocycles. The highest BCUT2D eigenvalue weighted by atomic mass is 19.4. The molecule has 0 bridgehead atoms.